The van der Waals surface area contributed by atoms with Crippen LogP contribution in [0.4, 0.5) is 0 Å². The fourth-order valence-corrected chi connectivity index (χ4v) is 2.84. The van der Waals surface area contributed by atoms with E-state index in [9.17, 15) is 0 Å². The minimum absolute atomic E-state index is 0.733. The molecular formula is C15H32N2. The van der Waals surface area contributed by atoms with Crippen molar-refractivity contribution < 1.29 is 0 Å². The number of hydrogen-bond donors (Lipinski definition) is 1. The second-order valence-electron chi connectivity index (χ2n) is 5.80. The fourth-order valence-electron chi connectivity index (χ4n) is 2.84. The van der Waals surface area contributed by atoms with Crippen molar-refractivity contribution in [1.29, 1.82) is 0 Å². The molecule has 0 aromatic carbocycles. The SMILES string of the molecule is CCCC1CN(CC(C)CC)C(CCC)CN1. The molecule has 0 radical (unpaired) electrons. The molecule has 2 nitrogen and oxygen atoms in total. The molecule has 1 aliphatic rings. The van der Waals surface area contributed by atoms with Gasteiger partial charge in [-0.2, -0.15) is 0 Å². The maximum atomic E-state index is 3.73. The van der Waals surface area contributed by atoms with Gasteiger partial charge in [0.15, 0.2) is 0 Å². The minimum Gasteiger partial charge on any atom is -0.311 e. The van der Waals surface area contributed by atoms with Crippen LogP contribution in [0, 0.1) is 5.92 Å². The quantitative estimate of drug-likeness (QED) is 0.735. The number of nitrogens with zero attached hydrogens (tertiary/aromatic N) is 1. The van der Waals surface area contributed by atoms with Crippen LogP contribution in [0.5, 0.6) is 0 Å². The standard InChI is InChI=1S/C15H32N2/c1-5-8-14-12-17(11-13(4)7-3)15(9-6-2)10-16-14/h13-16H,5-12H2,1-4H3. The van der Waals surface area contributed by atoms with Crippen molar-refractivity contribution in [1.82, 2.24) is 10.2 Å². The first-order chi connectivity index (χ1) is 8.21. The highest BCUT2D eigenvalue weighted by atomic mass is 15.2. The lowest BCUT2D eigenvalue weighted by Gasteiger charge is -2.41. The van der Waals surface area contributed by atoms with Gasteiger partial charge in [0.2, 0.25) is 0 Å². The van der Waals surface area contributed by atoms with Crippen LogP contribution in [0.15, 0.2) is 0 Å². The Labute approximate surface area is 108 Å². The van der Waals surface area contributed by atoms with E-state index < -0.39 is 0 Å². The highest BCUT2D eigenvalue weighted by molar-refractivity contribution is 4.86. The smallest absolute Gasteiger partial charge is 0.0221 e. The molecule has 0 spiro atoms. The van der Waals surface area contributed by atoms with E-state index >= 15 is 0 Å². The van der Waals surface area contributed by atoms with Gasteiger partial charge >= 0.3 is 0 Å². The van der Waals surface area contributed by atoms with Gasteiger partial charge in [0.25, 0.3) is 0 Å². The Bertz CT molecular complexity index is 193. The monoisotopic (exact) mass is 240 g/mol. The molecular weight excluding hydrogens is 208 g/mol. The van der Waals surface area contributed by atoms with Crippen molar-refractivity contribution in [3.8, 4) is 0 Å². The maximum Gasteiger partial charge on any atom is 0.0221 e. The van der Waals surface area contributed by atoms with Crippen molar-refractivity contribution in [3.05, 3.63) is 0 Å². The van der Waals surface area contributed by atoms with Crippen LogP contribution in [-0.4, -0.2) is 36.6 Å². The molecule has 1 aliphatic heterocycles. The van der Waals surface area contributed by atoms with Gasteiger partial charge in [0.05, 0.1) is 0 Å². The number of hydrogen-bond acceptors (Lipinski definition) is 2. The molecule has 17 heavy (non-hydrogen) atoms. The summed E-state index contributed by atoms with van der Waals surface area (Å²) < 4.78 is 0. The molecule has 1 N–H and O–H groups in total. The Morgan fingerprint density at radius 1 is 1.18 bits per heavy atom. The van der Waals surface area contributed by atoms with Gasteiger partial charge in [-0.1, -0.05) is 47.0 Å². The summed E-state index contributed by atoms with van der Waals surface area (Å²) in [5.41, 5.74) is 0. The van der Waals surface area contributed by atoms with Gasteiger partial charge in [0, 0.05) is 31.7 Å². The largest absolute Gasteiger partial charge is 0.311 e. The van der Waals surface area contributed by atoms with E-state index in [4.69, 9.17) is 0 Å². The first-order valence-electron chi connectivity index (χ1n) is 7.68. The van der Waals surface area contributed by atoms with Crippen LogP contribution in [0.25, 0.3) is 0 Å². The second kappa shape index (κ2) is 8.10. The van der Waals surface area contributed by atoms with E-state index in [2.05, 4.69) is 37.9 Å². The van der Waals surface area contributed by atoms with E-state index in [0.717, 1.165) is 18.0 Å². The lowest BCUT2D eigenvalue weighted by Crippen LogP contribution is -2.57. The van der Waals surface area contributed by atoms with E-state index in [0.29, 0.717) is 0 Å². The van der Waals surface area contributed by atoms with E-state index in [-0.39, 0.29) is 0 Å². The summed E-state index contributed by atoms with van der Waals surface area (Å²) in [6.07, 6.45) is 6.59. The Kier molecular flexibility index (Phi) is 7.14. The van der Waals surface area contributed by atoms with Crippen LogP contribution >= 0.6 is 0 Å². The molecule has 0 amide bonds. The summed E-state index contributed by atoms with van der Waals surface area (Å²) in [4.78, 5) is 2.76. The maximum absolute atomic E-state index is 3.73. The summed E-state index contributed by atoms with van der Waals surface area (Å²) in [6.45, 7) is 13.1. The topological polar surface area (TPSA) is 15.3 Å². The van der Waals surface area contributed by atoms with Gasteiger partial charge in [0.1, 0.15) is 0 Å². The van der Waals surface area contributed by atoms with Gasteiger partial charge in [-0.3, -0.25) is 4.90 Å². The molecule has 0 aromatic rings. The summed E-state index contributed by atoms with van der Waals surface area (Å²) in [7, 11) is 0. The Morgan fingerprint density at radius 3 is 2.47 bits per heavy atom. The van der Waals surface area contributed by atoms with Crippen LogP contribution in [0.2, 0.25) is 0 Å². The van der Waals surface area contributed by atoms with E-state index in [1.807, 2.05) is 0 Å². The first-order valence-corrected chi connectivity index (χ1v) is 7.68. The zero-order valence-corrected chi connectivity index (χ0v) is 12.3. The van der Waals surface area contributed by atoms with E-state index in [1.165, 1.54) is 51.7 Å². The molecule has 0 aliphatic carbocycles. The third-order valence-corrected chi connectivity index (χ3v) is 4.12. The van der Waals surface area contributed by atoms with E-state index in [1.54, 1.807) is 0 Å². The molecule has 0 saturated carbocycles. The molecule has 3 unspecified atom stereocenters. The van der Waals surface area contributed by atoms with Crippen molar-refractivity contribution in [2.75, 3.05) is 19.6 Å². The molecule has 1 heterocycles. The summed E-state index contributed by atoms with van der Waals surface area (Å²) in [5, 5.41) is 3.73. The molecule has 1 saturated heterocycles. The van der Waals surface area contributed by atoms with Crippen molar-refractivity contribution in [2.24, 2.45) is 5.92 Å². The van der Waals surface area contributed by atoms with Crippen molar-refractivity contribution >= 4 is 0 Å². The van der Waals surface area contributed by atoms with Gasteiger partial charge in [-0.15, -0.1) is 0 Å². The predicted octanol–water partition coefficient (Wildman–Crippen LogP) is 3.28. The Hall–Kier alpha value is -0.0800. The zero-order valence-electron chi connectivity index (χ0n) is 12.3. The number of rotatable bonds is 7. The summed E-state index contributed by atoms with van der Waals surface area (Å²) in [6, 6.07) is 1.51. The lowest BCUT2D eigenvalue weighted by atomic mass is 9.99. The van der Waals surface area contributed by atoms with Crippen LogP contribution < -0.4 is 5.32 Å². The summed E-state index contributed by atoms with van der Waals surface area (Å²) >= 11 is 0. The highest BCUT2D eigenvalue weighted by Gasteiger charge is 2.27. The Balaban J connectivity index is 2.49. The fraction of sp³-hybridized carbons (Fsp3) is 1.00. The molecule has 0 aromatic heterocycles. The highest BCUT2D eigenvalue weighted by Crippen LogP contribution is 2.17. The summed E-state index contributed by atoms with van der Waals surface area (Å²) in [5.74, 6) is 0.842. The van der Waals surface area contributed by atoms with Gasteiger partial charge in [-0.25, -0.2) is 0 Å². The van der Waals surface area contributed by atoms with Crippen LogP contribution in [-0.2, 0) is 0 Å². The average molecular weight is 240 g/mol. The zero-order chi connectivity index (χ0) is 12.7. The molecule has 3 atom stereocenters. The molecule has 1 fully saturated rings. The molecule has 1 rings (SSSR count). The minimum atomic E-state index is 0.733. The lowest BCUT2D eigenvalue weighted by molar-refractivity contribution is 0.102. The normalized spacial score (nSPS) is 28.2. The van der Waals surface area contributed by atoms with Crippen LogP contribution in [0.3, 0.4) is 0 Å². The predicted molar refractivity (Wildman–Crippen MR) is 76.4 cm³/mol. The first kappa shape index (κ1) is 15.0. The van der Waals surface area contributed by atoms with Crippen molar-refractivity contribution in [3.63, 3.8) is 0 Å². The number of piperazine rings is 1. The average Bonchev–Trinajstić information content (AvgIpc) is 2.33. The Morgan fingerprint density at radius 2 is 1.88 bits per heavy atom. The third kappa shape index (κ3) is 4.97. The van der Waals surface area contributed by atoms with Gasteiger partial charge in [-0.05, 0) is 18.8 Å². The number of nitrogens with one attached hydrogen (secondary N) is 1. The molecule has 0 bridgehead atoms. The van der Waals surface area contributed by atoms with Gasteiger partial charge < -0.3 is 5.32 Å². The van der Waals surface area contributed by atoms with Crippen molar-refractivity contribution in [2.45, 2.75) is 71.9 Å². The molecule has 2 heteroatoms. The molecule has 102 valence electrons. The second-order valence-corrected chi connectivity index (χ2v) is 5.80. The van der Waals surface area contributed by atoms with Crippen LogP contribution in [0.1, 0.15) is 59.8 Å². The third-order valence-electron chi connectivity index (χ3n) is 4.12.